The minimum absolute atomic E-state index is 0.0405. The Balaban J connectivity index is 0.733. The Labute approximate surface area is 382 Å². The van der Waals surface area contributed by atoms with Crippen molar-refractivity contribution < 1.29 is 38.3 Å². The number of imide groups is 2. The maximum atomic E-state index is 14.5. The molecule has 5 aliphatic rings. The number of aromatic nitrogens is 3. The van der Waals surface area contributed by atoms with Gasteiger partial charge in [0.25, 0.3) is 23.6 Å². The lowest BCUT2D eigenvalue weighted by Crippen LogP contribution is -2.54. The van der Waals surface area contributed by atoms with Gasteiger partial charge in [-0.05, 0) is 105 Å². The molecule has 6 amide bonds. The topological polar surface area (TPSA) is 210 Å². The first-order valence-electron chi connectivity index (χ1n) is 22.0. The molecule has 7 heterocycles. The van der Waals surface area contributed by atoms with Crippen molar-refractivity contribution in [2.45, 2.75) is 63.2 Å². The fraction of sp³-hybridized carbons (Fsp3) is 0.340. The number of likely N-dealkylation sites (tertiary alicyclic amines) is 1. The minimum Gasteiger partial charge on any atom is -0.508 e. The molecule has 17 nitrogen and oxygen atoms in total. The maximum Gasteiger partial charge on any atom is 0.262 e. The molecule has 2 aromatic heterocycles. The second kappa shape index (κ2) is 17.7. The number of hydrogen-bond acceptors (Lipinski definition) is 14. The van der Waals surface area contributed by atoms with Gasteiger partial charge in [0.15, 0.2) is 10.9 Å². The van der Waals surface area contributed by atoms with E-state index in [2.05, 4.69) is 40.9 Å². The number of piperidine rings is 3. The van der Waals surface area contributed by atoms with Crippen LogP contribution in [-0.4, -0.2) is 115 Å². The van der Waals surface area contributed by atoms with Gasteiger partial charge in [-0.25, -0.2) is 9.37 Å². The smallest absolute Gasteiger partial charge is 0.262 e. The molecular weight excluding hydrogens is 868 g/mol. The van der Waals surface area contributed by atoms with Gasteiger partial charge in [-0.2, -0.15) is 0 Å². The first-order valence-corrected chi connectivity index (χ1v) is 22.9. The Hall–Kier alpha value is -7.12. The molecule has 0 aliphatic carbocycles. The van der Waals surface area contributed by atoms with Gasteiger partial charge < -0.3 is 25.1 Å². The molecule has 2 unspecified atom stereocenters. The number of amides is 6. The van der Waals surface area contributed by atoms with E-state index in [0.717, 1.165) is 93.0 Å². The summed E-state index contributed by atoms with van der Waals surface area (Å²) in [5.41, 5.74) is 3.51. The highest BCUT2D eigenvalue weighted by atomic mass is 32.1. The maximum absolute atomic E-state index is 14.5. The Morgan fingerprint density at radius 3 is 2.48 bits per heavy atom. The number of fused-ring (bicyclic) bond motifs is 2. The summed E-state index contributed by atoms with van der Waals surface area (Å²) < 4.78 is 14.5. The molecule has 66 heavy (non-hydrogen) atoms. The number of rotatable bonds is 11. The van der Waals surface area contributed by atoms with Crippen LogP contribution in [0, 0.1) is 11.7 Å². The first kappa shape index (κ1) is 42.8. The lowest BCUT2D eigenvalue weighted by Gasteiger charge is -2.38. The van der Waals surface area contributed by atoms with Gasteiger partial charge in [-0.3, -0.25) is 44.3 Å². The van der Waals surface area contributed by atoms with Crippen LogP contribution in [0.4, 0.5) is 21.0 Å². The van der Waals surface area contributed by atoms with E-state index in [0.29, 0.717) is 33.4 Å². The second-order valence-electron chi connectivity index (χ2n) is 17.4. The van der Waals surface area contributed by atoms with Crippen molar-refractivity contribution in [1.29, 1.82) is 0 Å². The van der Waals surface area contributed by atoms with Gasteiger partial charge in [-0.15, -0.1) is 21.5 Å². The largest absolute Gasteiger partial charge is 0.508 e. The zero-order valence-corrected chi connectivity index (χ0v) is 36.4. The molecular formula is C47H45FN10O7S. The van der Waals surface area contributed by atoms with Crippen molar-refractivity contribution >= 4 is 63.4 Å². The fourth-order valence-electron chi connectivity index (χ4n) is 9.84. The number of anilines is 3. The molecule has 3 fully saturated rings. The molecule has 10 rings (SSSR count). The Morgan fingerprint density at radius 2 is 1.71 bits per heavy atom. The third-order valence-electron chi connectivity index (χ3n) is 13.2. The Bertz CT molecular complexity index is 2770. The Morgan fingerprint density at radius 1 is 0.879 bits per heavy atom. The third-order valence-corrected chi connectivity index (χ3v) is 13.9. The summed E-state index contributed by atoms with van der Waals surface area (Å²) in [5.74, 6) is -2.87. The summed E-state index contributed by atoms with van der Waals surface area (Å²) in [6.07, 6.45) is 5.67. The summed E-state index contributed by atoms with van der Waals surface area (Å²) in [6.45, 7) is 4.51. The highest BCUT2D eigenvalue weighted by Gasteiger charge is 2.45. The number of aromatic hydroxyl groups is 1. The molecule has 4 N–H and O–H groups in total. The van der Waals surface area contributed by atoms with Crippen LogP contribution in [0.3, 0.4) is 0 Å². The third kappa shape index (κ3) is 8.35. The molecule has 3 saturated heterocycles. The van der Waals surface area contributed by atoms with Crippen molar-refractivity contribution in [2.75, 3.05) is 48.3 Å². The van der Waals surface area contributed by atoms with Crippen LogP contribution in [0.15, 0.2) is 78.3 Å². The SMILES string of the molecule is O=C1CCC(N2C(=O)c3ccc(N[C@H]4CCCN(CC5CCN(c6ccc(-c7ccc8c(c7)C(=O)N(C(C(=O)Nc7nccs7)c7cc(F)ccc7O)C8)nn6)CC5)C4)cc3C2=O)C(=O)N1. The van der Waals surface area contributed by atoms with Gasteiger partial charge in [0.1, 0.15) is 23.7 Å². The number of phenols is 1. The Kier molecular flexibility index (Phi) is 11.5. The van der Waals surface area contributed by atoms with E-state index in [4.69, 9.17) is 0 Å². The molecule has 3 atom stereocenters. The van der Waals surface area contributed by atoms with E-state index in [1.807, 2.05) is 24.3 Å². The number of benzene rings is 3. The molecule has 0 saturated carbocycles. The predicted molar refractivity (Wildman–Crippen MR) is 240 cm³/mol. The average molecular weight is 913 g/mol. The van der Waals surface area contributed by atoms with Gasteiger partial charge in [0, 0.05) is 79.1 Å². The van der Waals surface area contributed by atoms with E-state index >= 15 is 0 Å². The molecule has 19 heteroatoms. The van der Waals surface area contributed by atoms with Gasteiger partial charge in [-0.1, -0.05) is 12.1 Å². The quantitative estimate of drug-likeness (QED) is 0.129. The van der Waals surface area contributed by atoms with E-state index in [1.54, 1.807) is 29.6 Å². The summed E-state index contributed by atoms with van der Waals surface area (Å²) in [7, 11) is 0. The number of nitrogens with one attached hydrogen (secondary N) is 3. The van der Waals surface area contributed by atoms with Crippen LogP contribution in [0.1, 0.15) is 86.8 Å². The highest BCUT2D eigenvalue weighted by Crippen LogP contribution is 2.38. The molecule has 0 bridgehead atoms. The number of carbonyl (C=O) groups is 6. The van der Waals surface area contributed by atoms with Crippen LogP contribution >= 0.6 is 11.3 Å². The van der Waals surface area contributed by atoms with Crippen LogP contribution in [0.2, 0.25) is 0 Å². The van der Waals surface area contributed by atoms with Crippen LogP contribution < -0.4 is 20.9 Å². The monoisotopic (exact) mass is 912 g/mol. The van der Waals surface area contributed by atoms with Crippen molar-refractivity contribution in [3.63, 3.8) is 0 Å². The number of halogens is 1. The molecule has 5 aromatic rings. The standard InChI is InChI=1S/C47H45FN10O7S/c48-29-5-10-38(59)35(21-29)41(43(62)52-47-49-15-19-66-47)57-24-28-4-3-27(20-33(28)44(57)63)36-8-11-39(54-53-36)56-17-13-26(14-18-56)23-55-16-1-2-31(25-55)50-30-6-7-32-34(22-30)46(65)58(45(32)64)37-9-12-40(60)51-42(37)61/h3-8,10-11,15,19-22,26,31,37,41,50,59H,1-2,9,12-14,16-18,23-25H2,(H,49,52,62)(H,51,60,61)/t31-,37?,41?/m0/s1. The number of nitrogens with zero attached hydrogens (tertiary/aromatic N) is 7. The van der Waals surface area contributed by atoms with Crippen molar-refractivity contribution in [1.82, 2.24) is 35.2 Å². The molecule has 0 spiro atoms. The normalized spacial score (nSPS) is 20.6. The van der Waals surface area contributed by atoms with Crippen LogP contribution in [0.5, 0.6) is 5.75 Å². The first-order chi connectivity index (χ1) is 32.0. The summed E-state index contributed by atoms with van der Waals surface area (Å²) in [5, 5.41) is 30.3. The van der Waals surface area contributed by atoms with Gasteiger partial charge in [0.05, 0.1) is 16.8 Å². The number of carbonyl (C=O) groups excluding carboxylic acids is 6. The van der Waals surface area contributed by atoms with E-state index < -0.39 is 53.3 Å². The second-order valence-corrected chi connectivity index (χ2v) is 18.3. The molecule has 0 radical (unpaired) electrons. The van der Waals surface area contributed by atoms with Crippen molar-refractivity contribution in [3.05, 3.63) is 112 Å². The van der Waals surface area contributed by atoms with Gasteiger partial charge >= 0.3 is 0 Å². The number of thiazole rings is 1. The predicted octanol–water partition coefficient (Wildman–Crippen LogP) is 4.97. The van der Waals surface area contributed by atoms with E-state index in [-0.39, 0.29) is 47.9 Å². The van der Waals surface area contributed by atoms with E-state index in [1.165, 1.54) is 22.4 Å². The fourth-order valence-corrected chi connectivity index (χ4v) is 10.4. The molecule has 338 valence electrons. The lowest BCUT2D eigenvalue weighted by molar-refractivity contribution is -0.136. The van der Waals surface area contributed by atoms with Crippen LogP contribution in [-0.2, 0) is 20.9 Å². The number of phenolic OH excluding ortho intramolecular Hbond substituents is 1. The lowest BCUT2D eigenvalue weighted by atomic mass is 9.94. The number of hydrogen-bond donors (Lipinski definition) is 4. The zero-order valence-electron chi connectivity index (χ0n) is 35.6. The zero-order chi connectivity index (χ0) is 45.6. The average Bonchev–Trinajstić information content (AvgIpc) is 4.01. The summed E-state index contributed by atoms with van der Waals surface area (Å²) in [4.78, 5) is 89.4. The van der Waals surface area contributed by atoms with Crippen molar-refractivity contribution in [2.24, 2.45) is 5.92 Å². The molecule has 5 aliphatic heterocycles. The highest BCUT2D eigenvalue weighted by molar-refractivity contribution is 7.13. The van der Waals surface area contributed by atoms with Gasteiger partial charge in [0.2, 0.25) is 11.8 Å². The molecule has 3 aromatic carbocycles. The van der Waals surface area contributed by atoms with Crippen molar-refractivity contribution in [3.8, 4) is 17.0 Å². The van der Waals surface area contributed by atoms with Crippen LogP contribution in [0.25, 0.3) is 11.3 Å². The summed E-state index contributed by atoms with van der Waals surface area (Å²) >= 11 is 1.19. The summed E-state index contributed by atoms with van der Waals surface area (Å²) in [6, 6.07) is 15.5. The van der Waals surface area contributed by atoms with E-state index in [9.17, 15) is 38.3 Å². The minimum atomic E-state index is -1.33.